The first-order valence-electron chi connectivity index (χ1n) is 6.14. The lowest BCUT2D eigenvalue weighted by atomic mass is 10.1. The van der Waals surface area contributed by atoms with E-state index in [4.69, 9.17) is 17.3 Å². The predicted molar refractivity (Wildman–Crippen MR) is 83.2 cm³/mol. The maximum atomic E-state index is 5.98. The Morgan fingerprint density at radius 1 is 1.10 bits per heavy atom. The van der Waals surface area contributed by atoms with E-state index in [9.17, 15) is 0 Å². The van der Waals surface area contributed by atoms with Crippen LogP contribution in [0.15, 0.2) is 54.7 Å². The summed E-state index contributed by atoms with van der Waals surface area (Å²) in [6.07, 6.45) is 1.74. The van der Waals surface area contributed by atoms with Gasteiger partial charge >= 0.3 is 0 Å². The van der Waals surface area contributed by atoms with Crippen molar-refractivity contribution < 1.29 is 0 Å². The van der Waals surface area contributed by atoms with Gasteiger partial charge < -0.3 is 11.1 Å². The fourth-order valence-corrected chi connectivity index (χ4v) is 2.16. The number of benzene rings is 2. The van der Waals surface area contributed by atoms with Crippen LogP contribution in [0.1, 0.15) is 0 Å². The largest absolute Gasteiger partial charge is 0.399 e. The molecule has 1 heterocycles. The van der Waals surface area contributed by atoms with Crippen molar-refractivity contribution in [2.75, 3.05) is 11.1 Å². The Bertz CT molecular complexity index is 719. The van der Waals surface area contributed by atoms with Gasteiger partial charge in [0.25, 0.3) is 0 Å². The molecule has 0 amide bonds. The van der Waals surface area contributed by atoms with Gasteiger partial charge in [-0.3, -0.25) is 5.10 Å². The van der Waals surface area contributed by atoms with Crippen molar-refractivity contribution in [1.29, 1.82) is 0 Å². The number of H-pyrrole nitrogens is 1. The molecular formula is C15H13ClN4. The summed E-state index contributed by atoms with van der Waals surface area (Å²) < 4.78 is 0. The van der Waals surface area contributed by atoms with Gasteiger partial charge in [-0.05, 0) is 30.3 Å². The average molecular weight is 285 g/mol. The molecule has 0 aliphatic heterocycles. The maximum absolute atomic E-state index is 5.98. The lowest BCUT2D eigenvalue weighted by Crippen LogP contribution is -1.91. The Kier molecular flexibility index (Phi) is 3.31. The van der Waals surface area contributed by atoms with Gasteiger partial charge in [0.05, 0.1) is 17.6 Å². The smallest absolute Gasteiger partial charge is 0.0885 e. The second-order valence-electron chi connectivity index (χ2n) is 4.42. The molecule has 4 nitrogen and oxygen atoms in total. The minimum absolute atomic E-state index is 0.688. The highest BCUT2D eigenvalue weighted by atomic mass is 35.5. The highest BCUT2D eigenvalue weighted by Gasteiger charge is 2.08. The number of nitrogens with one attached hydrogen (secondary N) is 2. The van der Waals surface area contributed by atoms with E-state index in [1.165, 1.54) is 0 Å². The highest BCUT2D eigenvalue weighted by molar-refractivity contribution is 6.30. The molecular weight excluding hydrogens is 272 g/mol. The average Bonchev–Trinajstić information content (AvgIpc) is 2.88. The van der Waals surface area contributed by atoms with Crippen LogP contribution in [0.25, 0.3) is 11.3 Å². The summed E-state index contributed by atoms with van der Waals surface area (Å²) in [4.78, 5) is 0. The number of aromatic amines is 1. The molecule has 3 rings (SSSR count). The van der Waals surface area contributed by atoms with Crippen molar-refractivity contribution in [2.45, 2.75) is 0 Å². The zero-order chi connectivity index (χ0) is 13.9. The van der Waals surface area contributed by atoms with E-state index in [0.29, 0.717) is 5.02 Å². The van der Waals surface area contributed by atoms with E-state index in [-0.39, 0.29) is 0 Å². The van der Waals surface area contributed by atoms with Crippen molar-refractivity contribution >= 4 is 28.7 Å². The molecule has 5 heteroatoms. The molecule has 100 valence electrons. The summed E-state index contributed by atoms with van der Waals surface area (Å²) >= 11 is 5.98. The van der Waals surface area contributed by atoms with Crippen LogP contribution in [0.5, 0.6) is 0 Å². The fourth-order valence-electron chi connectivity index (χ4n) is 1.97. The van der Waals surface area contributed by atoms with Crippen LogP contribution in [0.4, 0.5) is 17.1 Å². The molecule has 4 N–H and O–H groups in total. The third-order valence-electron chi connectivity index (χ3n) is 2.94. The van der Waals surface area contributed by atoms with Gasteiger partial charge in [0, 0.05) is 22.0 Å². The summed E-state index contributed by atoms with van der Waals surface area (Å²) in [7, 11) is 0. The van der Waals surface area contributed by atoms with Gasteiger partial charge in [-0.15, -0.1) is 0 Å². The number of aromatic nitrogens is 2. The normalized spacial score (nSPS) is 10.4. The zero-order valence-electron chi connectivity index (χ0n) is 10.6. The third-order valence-corrected chi connectivity index (χ3v) is 3.18. The van der Waals surface area contributed by atoms with Gasteiger partial charge in [-0.25, -0.2) is 0 Å². The molecule has 1 aromatic heterocycles. The standard InChI is InChI=1S/C15H13ClN4/c16-11-2-1-3-13(8-11)19-14-9-18-20-15(14)10-4-6-12(17)7-5-10/h1-9,19H,17H2,(H,18,20). The first kappa shape index (κ1) is 12.6. The van der Waals surface area contributed by atoms with E-state index >= 15 is 0 Å². The van der Waals surface area contributed by atoms with Gasteiger partial charge in [0.15, 0.2) is 0 Å². The Hall–Kier alpha value is -2.46. The van der Waals surface area contributed by atoms with E-state index in [1.54, 1.807) is 6.20 Å². The molecule has 0 bridgehead atoms. The van der Waals surface area contributed by atoms with Crippen LogP contribution < -0.4 is 11.1 Å². The minimum Gasteiger partial charge on any atom is -0.399 e. The van der Waals surface area contributed by atoms with E-state index in [2.05, 4.69) is 15.5 Å². The molecule has 0 spiro atoms. The van der Waals surface area contributed by atoms with E-state index in [0.717, 1.165) is 28.3 Å². The second-order valence-corrected chi connectivity index (χ2v) is 4.85. The van der Waals surface area contributed by atoms with Crippen LogP contribution in [0.2, 0.25) is 5.02 Å². The first-order chi connectivity index (χ1) is 9.72. The van der Waals surface area contributed by atoms with Crippen LogP contribution in [0, 0.1) is 0 Å². The number of nitrogens with two attached hydrogens (primary N) is 1. The molecule has 0 atom stereocenters. The zero-order valence-corrected chi connectivity index (χ0v) is 11.4. The van der Waals surface area contributed by atoms with Crippen molar-refractivity contribution in [1.82, 2.24) is 10.2 Å². The molecule has 2 aromatic carbocycles. The summed E-state index contributed by atoms with van der Waals surface area (Å²) in [6.45, 7) is 0. The molecule has 0 aliphatic rings. The topological polar surface area (TPSA) is 66.7 Å². The third kappa shape index (κ3) is 2.60. The monoisotopic (exact) mass is 284 g/mol. The molecule has 0 fully saturated rings. The summed E-state index contributed by atoms with van der Waals surface area (Å²) in [6, 6.07) is 15.2. The number of anilines is 3. The van der Waals surface area contributed by atoms with E-state index in [1.807, 2.05) is 48.5 Å². The Morgan fingerprint density at radius 3 is 2.65 bits per heavy atom. The first-order valence-corrected chi connectivity index (χ1v) is 6.52. The van der Waals surface area contributed by atoms with Crippen LogP contribution >= 0.6 is 11.6 Å². The molecule has 20 heavy (non-hydrogen) atoms. The summed E-state index contributed by atoms with van der Waals surface area (Å²) in [5, 5.41) is 11.1. The van der Waals surface area contributed by atoms with Crippen molar-refractivity contribution in [3.8, 4) is 11.3 Å². The fraction of sp³-hybridized carbons (Fsp3) is 0. The second kappa shape index (κ2) is 5.27. The van der Waals surface area contributed by atoms with Gasteiger partial charge in [0.2, 0.25) is 0 Å². The SMILES string of the molecule is Nc1ccc(-c2[nH]ncc2Nc2cccc(Cl)c2)cc1. The summed E-state index contributed by atoms with van der Waals surface area (Å²) in [5.41, 5.74) is 10.2. The van der Waals surface area contributed by atoms with Crippen LogP contribution in [-0.4, -0.2) is 10.2 Å². The van der Waals surface area contributed by atoms with Crippen LogP contribution in [0.3, 0.4) is 0 Å². The Labute approximate surface area is 121 Å². The molecule has 0 unspecified atom stereocenters. The Morgan fingerprint density at radius 2 is 1.90 bits per heavy atom. The number of hydrogen-bond donors (Lipinski definition) is 3. The van der Waals surface area contributed by atoms with Crippen LogP contribution in [-0.2, 0) is 0 Å². The quantitative estimate of drug-likeness (QED) is 0.636. The lowest BCUT2D eigenvalue weighted by Gasteiger charge is -2.07. The summed E-state index contributed by atoms with van der Waals surface area (Å²) in [5.74, 6) is 0. The number of nitrogens with zero attached hydrogens (tertiary/aromatic N) is 1. The van der Waals surface area contributed by atoms with Gasteiger partial charge in [-0.2, -0.15) is 5.10 Å². The Balaban J connectivity index is 1.92. The number of halogens is 1. The number of hydrogen-bond acceptors (Lipinski definition) is 3. The highest BCUT2D eigenvalue weighted by Crippen LogP contribution is 2.29. The molecule has 0 radical (unpaired) electrons. The lowest BCUT2D eigenvalue weighted by molar-refractivity contribution is 1.10. The van der Waals surface area contributed by atoms with E-state index < -0.39 is 0 Å². The van der Waals surface area contributed by atoms with Crippen molar-refractivity contribution in [3.63, 3.8) is 0 Å². The van der Waals surface area contributed by atoms with Crippen molar-refractivity contribution in [2.24, 2.45) is 0 Å². The number of nitrogen functional groups attached to an aromatic ring is 1. The molecule has 0 saturated heterocycles. The maximum Gasteiger partial charge on any atom is 0.0885 e. The number of rotatable bonds is 3. The van der Waals surface area contributed by atoms with Gasteiger partial charge in [0.1, 0.15) is 0 Å². The predicted octanol–water partition coefficient (Wildman–Crippen LogP) is 4.06. The minimum atomic E-state index is 0.688. The molecule has 0 saturated carbocycles. The van der Waals surface area contributed by atoms with Gasteiger partial charge in [-0.1, -0.05) is 29.8 Å². The molecule has 3 aromatic rings. The molecule has 0 aliphatic carbocycles. The van der Waals surface area contributed by atoms with Crippen molar-refractivity contribution in [3.05, 3.63) is 59.8 Å².